The van der Waals surface area contributed by atoms with Crippen LogP contribution in [-0.4, -0.2) is 49.6 Å². The largest absolute Gasteiger partial charge is 0.416 e. The fourth-order valence-corrected chi connectivity index (χ4v) is 5.13. The van der Waals surface area contributed by atoms with Crippen LogP contribution in [0.3, 0.4) is 0 Å². The summed E-state index contributed by atoms with van der Waals surface area (Å²) in [7, 11) is -1.45. The summed E-state index contributed by atoms with van der Waals surface area (Å²) >= 11 is 0. The van der Waals surface area contributed by atoms with Crippen LogP contribution in [0, 0.1) is 5.92 Å². The lowest BCUT2D eigenvalue weighted by Crippen LogP contribution is -2.40. The standard InChI is InChI=1S/C18H25F3N2O2S/c1-22(26(24,25)17-6-7-17)12-15-8-10-23(11-9-15)13-14-2-4-16(5-3-14)18(19,20)21/h2-5,15,17H,6-13H2,1H3. The van der Waals surface area contributed by atoms with Gasteiger partial charge < -0.3 is 0 Å². The van der Waals surface area contributed by atoms with Crippen molar-refractivity contribution in [1.29, 1.82) is 0 Å². The van der Waals surface area contributed by atoms with Gasteiger partial charge in [-0.25, -0.2) is 12.7 Å². The zero-order valence-electron chi connectivity index (χ0n) is 14.9. The predicted octanol–water partition coefficient (Wildman–Crippen LogP) is 3.34. The number of likely N-dealkylation sites (tertiary alicyclic amines) is 1. The summed E-state index contributed by atoms with van der Waals surface area (Å²) in [6.45, 7) is 2.86. The monoisotopic (exact) mass is 390 g/mol. The summed E-state index contributed by atoms with van der Waals surface area (Å²) in [4.78, 5) is 2.22. The second-order valence-electron chi connectivity index (χ2n) is 7.44. The molecule has 1 aliphatic carbocycles. The first-order chi connectivity index (χ1) is 12.2. The zero-order valence-corrected chi connectivity index (χ0v) is 15.7. The van der Waals surface area contributed by atoms with Gasteiger partial charge in [0, 0.05) is 20.1 Å². The first kappa shape index (κ1) is 19.6. The molecule has 0 amide bonds. The van der Waals surface area contributed by atoms with Crippen molar-refractivity contribution in [2.24, 2.45) is 5.92 Å². The normalized spacial score (nSPS) is 20.7. The molecule has 1 aliphatic heterocycles. The number of halogens is 3. The number of sulfonamides is 1. The minimum absolute atomic E-state index is 0.174. The second kappa shape index (κ2) is 7.48. The van der Waals surface area contributed by atoms with Crippen molar-refractivity contribution in [3.8, 4) is 0 Å². The quantitative estimate of drug-likeness (QED) is 0.748. The molecule has 4 nitrogen and oxygen atoms in total. The first-order valence-electron chi connectivity index (χ1n) is 9.00. The van der Waals surface area contributed by atoms with E-state index in [1.54, 1.807) is 7.05 Å². The first-order valence-corrected chi connectivity index (χ1v) is 10.5. The molecular formula is C18H25F3N2O2S. The van der Waals surface area contributed by atoms with Crippen molar-refractivity contribution in [3.63, 3.8) is 0 Å². The number of benzene rings is 1. The van der Waals surface area contributed by atoms with Crippen LogP contribution in [0.25, 0.3) is 0 Å². The fourth-order valence-electron chi connectivity index (χ4n) is 3.47. The summed E-state index contributed by atoms with van der Waals surface area (Å²) in [5.74, 6) is 0.345. The molecule has 26 heavy (non-hydrogen) atoms. The van der Waals surface area contributed by atoms with Crippen molar-refractivity contribution < 1.29 is 21.6 Å². The van der Waals surface area contributed by atoms with Gasteiger partial charge in [-0.3, -0.25) is 4.90 Å². The van der Waals surface area contributed by atoms with Crippen LogP contribution in [0.2, 0.25) is 0 Å². The maximum absolute atomic E-state index is 12.6. The Kier molecular flexibility index (Phi) is 5.65. The molecule has 2 fully saturated rings. The molecular weight excluding hydrogens is 365 g/mol. The Hall–Kier alpha value is -1.12. The predicted molar refractivity (Wildman–Crippen MR) is 94.0 cm³/mol. The average Bonchev–Trinajstić information content (AvgIpc) is 3.42. The lowest BCUT2D eigenvalue weighted by Gasteiger charge is -2.33. The molecule has 1 aromatic rings. The molecule has 8 heteroatoms. The van der Waals surface area contributed by atoms with Gasteiger partial charge in [-0.2, -0.15) is 13.2 Å². The zero-order chi connectivity index (χ0) is 18.9. The van der Waals surface area contributed by atoms with Crippen molar-refractivity contribution >= 4 is 10.0 Å². The molecule has 3 rings (SSSR count). The van der Waals surface area contributed by atoms with E-state index in [1.807, 2.05) is 0 Å². The van der Waals surface area contributed by atoms with Gasteiger partial charge in [-0.15, -0.1) is 0 Å². The van der Waals surface area contributed by atoms with E-state index in [0.717, 1.165) is 56.5 Å². The summed E-state index contributed by atoms with van der Waals surface area (Å²) in [5, 5.41) is -0.174. The molecule has 0 unspecified atom stereocenters. The third-order valence-electron chi connectivity index (χ3n) is 5.29. The van der Waals surface area contributed by atoms with Gasteiger partial charge in [0.2, 0.25) is 10.0 Å². The highest BCUT2D eigenvalue weighted by molar-refractivity contribution is 7.90. The fraction of sp³-hybridized carbons (Fsp3) is 0.667. The van der Waals surface area contributed by atoms with E-state index in [9.17, 15) is 21.6 Å². The molecule has 0 bridgehead atoms. The van der Waals surface area contributed by atoms with Crippen LogP contribution < -0.4 is 0 Å². The molecule has 1 aromatic carbocycles. The van der Waals surface area contributed by atoms with Gasteiger partial charge in [0.15, 0.2) is 0 Å². The highest BCUT2D eigenvalue weighted by atomic mass is 32.2. The van der Waals surface area contributed by atoms with Crippen LogP contribution in [0.15, 0.2) is 24.3 Å². The lowest BCUT2D eigenvalue weighted by atomic mass is 9.96. The Morgan fingerprint density at radius 3 is 2.15 bits per heavy atom. The SMILES string of the molecule is CN(CC1CCN(Cc2ccc(C(F)(F)F)cc2)CC1)S(=O)(=O)C1CC1. The number of alkyl halides is 3. The smallest absolute Gasteiger partial charge is 0.299 e. The minimum atomic E-state index is -4.30. The second-order valence-corrected chi connectivity index (χ2v) is 9.76. The van der Waals surface area contributed by atoms with Gasteiger partial charge in [0.05, 0.1) is 10.8 Å². The number of hydrogen-bond acceptors (Lipinski definition) is 3. The van der Waals surface area contributed by atoms with Crippen molar-refractivity contribution in [1.82, 2.24) is 9.21 Å². The average molecular weight is 390 g/mol. The molecule has 0 N–H and O–H groups in total. The van der Waals surface area contributed by atoms with Gasteiger partial charge in [-0.05, 0) is 62.4 Å². The van der Waals surface area contributed by atoms with Gasteiger partial charge >= 0.3 is 6.18 Å². The molecule has 0 spiro atoms. The molecule has 2 aliphatic rings. The molecule has 0 radical (unpaired) electrons. The number of nitrogens with zero attached hydrogens (tertiary/aromatic N) is 2. The summed E-state index contributed by atoms with van der Waals surface area (Å²) in [6.07, 6.45) is -0.934. The minimum Gasteiger partial charge on any atom is -0.299 e. The Labute approximate surface area is 153 Å². The van der Waals surface area contributed by atoms with Crippen LogP contribution in [0.5, 0.6) is 0 Å². The number of rotatable bonds is 6. The molecule has 1 saturated heterocycles. The van der Waals surface area contributed by atoms with Crippen LogP contribution in [-0.2, 0) is 22.7 Å². The molecule has 1 saturated carbocycles. The highest BCUT2D eigenvalue weighted by Crippen LogP contribution is 2.32. The Bertz CT molecular complexity index is 707. The number of hydrogen-bond donors (Lipinski definition) is 0. The highest BCUT2D eigenvalue weighted by Gasteiger charge is 2.39. The summed E-state index contributed by atoms with van der Waals surface area (Å²) < 4.78 is 63.7. The van der Waals surface area contributed by atoms with E-state index in [0.29, 0.717) is 19.0 Å². The van der Waals surface area contributed by atoms with Crippen molar-refractivity contribution in [2.45, 2.75) is 43.7 Å². The van der Waals surface area contributed by atoms with E-state index in [1.165, 1.54) is 16.4 Å². The van der Waals surface area contributed by atoms with Crippen LogP contribution >= 0.6 is 0 Å². The van der Waals surface area contributed by atoms with Crippen molar-refractivity contribution in [2.75, 3.05) is 26.7 Å². The Morgan fingerprint density at radius 1 is 1.08 bits per heavy atom. The van der Waals surface area contributed by atoms with E-state index in [-0.39, 0.29) is 5.25 Å². The Morgan fingerprint density at radius 2 is 1.65 bits per heavy atom. The lowest BCUT2D eigenvalue weighted by molar-refractivity contribution is -0.137. The van der Waals surface area contributed by atoms with E-state index in [2.05, 4.69) is 4.90 Å². The molecule has 146 valence electrons. The third-order valence-corrected chi connectivity index (χ3v) is 7.62. The van der Waals surface area contributed by atoms with Gasteiger partial charge in [0.25, 0.3) is 0 Å². The Balaban J connectivity index is 1.46. The molecule has 0 aromatic heterocycles. The topological polar surface area (TPSA) is 40.6 Å². The van der Waals surface area contributed by atoms with Gasteiger partial charge in [-0.1, -0.05) is 12.1 Å². The molecule has 1 heterocycles. The van der Waals surface area contributed by atoms with E-state index in [4.69, 9.17) is 0 Å². The van der Waals surface area contributed by atoms with Crippen LogP contribution in [0.4, 0.5) is 13.2 Å². The van der Waals surface area contributed by atoms with Crippen molar-refractivity contribution in [3.05, 3.63) is 35.4 Å². The van der Waals surface area contributed by atoms with Gasteiger partial charge in [0.1, 0.15) is 0 Å². The van der Waals surface area contributed by atoms with Crippen LogP contribution in [0.1, 0.15) is 36.8 Å². The molecule has 0 atom stereocenters. The maximum atomic E-state index is 12.6. The summed E-state index contributed by atoms with van der Waals surface area (Å²) in [5.41, 5.74) is 0.241. The van der Waals surface area contributed by atoms with E-state index >= 15 is 0 Å². The summed E-state index contributed by atoms with van der Waals surface area (Å²) in [6, 6.07) is 5.31. The van der Waals surface area contributed by atoms with E-state index < -0.39 is 21.8 Å². The number of piperidine rings is 1. The maximum Gasteiger partial charge on any atom is 0.416 e. The third kappa shape index (κ3) is 4.78.